The van der Waals surface area contributed by atoms with E-state index in [-0.39, 0.29) is 0 Å². The topological polar surface area (TPSA) is 61.9 Å². The van der Waals surface area contributed by atoms with E-state index in [1.807, 2.05) is 24.5 Å². The van der Waals surface area contributed by atoms with Gasteiger partial charge in [0.2, 0.25) is 0 Å². The van der Waals surface area contributed by atoms with Crippen LogP contribution in [-0.2, 0) is 0 Å². The van der Waals surface area contributed by atoms with Gasteiger partial charge in [-0.05, 0) is 96.1 Å². The molecule has 0 N–H and O–H groups in total. The van der Waals surface area contributed by atoms with Crippen molar-refractivity contribution in [1.29, 1.82) is 0 Å². The van der Waals surface area contributed by atoms with Gasteiger partial charge in [0.1, 0.15) is 22.3 Å². The minimum atomic E-state index is 0.847. The number of furan rings is 2. The molecule has 0 saturated heterocycles. The van der Waals surface area contributed by atoms with Crippen LogP contribution in [0.5, 0.6) is 0 Å². The Morgan fingerprint density at radius 2 is 0.788 bits per heavy atom. The lowest BCUT2D eigenvalue weighted by Gasteiger charge is -2.10. The van der Waals surface area contributed by atoms with Gasteiger partial charge in [-0.1, -0.05) is 48.5 Å². The summed E-state index contributed by atoms with van der Waals surface area (Å²) in [6.07, 6.45) is 7.31. The average molecular weight is 667 g/mol. The van der Waals surface area contributed by atoms with Crippen molar-refractivity contribution in [3.05, 3.63) is 158 Å². The molecule has 0 saturated carbocycles. The van der Waals surface area contributed by atoms with Crippen LogP contribution in [0.2, 0.25) is 0 Å². The van der Waals surface area contributed by atoms with Crippen LogP contribution in [0.4, 0.5) is 0 Å². The Labute approximate surface area is 295 Å². The maximum absolute atomic E-state index is 6.12. The van der Waals surface area contributed by atoms with E-state index < -0.39 is 0 Å². The molecule has 6 aromatic heterocycles. The van der Waals surface area contributed by atoms with Gasteiger partial charge in [0.05, 0.1) is 22.1 Å². The molecule has 12 rings (SSSR count). The van der Waals surface area contributed by atoms with E-state index in [1.54, 1.807) is 12.4 Å². The Bertz CT molecular complexity index is 3200. The van der Waals surface area contributed by atoms with Crippen molar-refractivity contribution >= 4 is 87.5 Å². The number of pyridine rings is 2. The molecule has 6 nitrogen and oxygen atoms in total. The number of hydrogen-bond acceptors (Lipinski definition) is 4. The molecule has 0 aliphatic rings. The highest BCUT2D eigenvalue weighted by molar-refractivity contribution is 6.14. The Morgan fingerprint density at radius 3 is 1.29 bits per heavy atom. The van der Waals surface area contributed by atoms with Gasteiger partial charge in [0.25, 0.3) is 0 Å². The van der Waals surface area contributed by atoms with Crippen molar-refractivity contribution in [2.75, 3.05) is 0 Å². The molecule has 242 valence electrons. The number of nitrogens with zero attached hydrogens (tertiary/aromatic N) is 4. The molecule has 0 aliphatic heterocycles. The second kappa shape index (κ2) is 10.2. The first-order valence-corrected chi connectivity index (χ1v) is 17.4. The molecular formula is C46H26N4O2. The van der Waals surface area contributed by atoms with Crippen LogP contribution in [0.1, 0.15) is 0 Å². The lowest BCUT2D eigenvalue weighted by molar-refractivity contribution is 0.668. The van der Waals surface area contributed by atoms with Gasteiger partial charge < -0.3 is 18.0 Å². The Hall–Kier alpha value is -7.18. The SMILES string of the molecule is c1ccc2c(c1)c1cc(-c3ccc4c(c3)c3ccccc3n4-c3ccc4oc5ccncc5c4c3)ccc1n2-c1ccc2oc3ccncc3c2c1. The number of benzene rings is 6. The van der Waals surface area contributed by atoms with Crippen molar-refractivity contribution in [3.63, 3.8) is 0 Å². The van der Waals surface area contributed by atoms with Crippen LogP contribution in [0.15, 0.2) is 167 Å². The summed E-state index contributed by atoms with van der Waals surface area (Å²) in [5.74, 6) is 0. The summed E-state index contributed by atoms with van der Waals surface area (Å²) in [4.78, 5) is 8.73. The molecule has 0 amide bonds. The number of para-hydroxylation sites is 2. The van der Waals surface area contributed by atoms with Gasteiger partial charge in [-0.25, -0.2) is 0 Å². The van der Waals surface area contributed by atoms with Crippen LogP contribution in [-0.4, -0.2) is 19.1 Å². The predicted octanol–water partition coefficient (Wildman–Crippen LogP) is 12.1. The molecule has 0 unspecified atom stereocenters. The maximum atomic E-state index is 6.12. The predicted molar refractivity (Wildman–Crippen MR) is 211 cm³/mol. The summed E-state index contributed by atoms with van der Waals surface area (Å²) in [7, 11) is 0. The number of fused-ring (bicyclic) bond motifs is 12. The van der Waals surface area contributed by atoms with Crippen LogP contribution >= 0.6 is 0 Å². The van der Waals surface area contributed by atoms with Gasteiger partial charge in [-0.15, -0.1) is 0 Å². The molecule has 0 atom stereocenters. The monoisotopic (exact) mass is 666 g/mol. The van der Waals surface area contributed by atoms with E-state index in [1.165, 1.54) is 32.7 Å². The first kappa shape index (κ1) is 27.6. The molecule has 52 heavy (non-hydrogen) atoms. The molecule has 12 aromatic rings. The Balaban J connectivity index is 1.03. The molecule has 0 radical (unpaired) electrons. The zero-order valence-corrected chi connectivity index (χ0v) is 27.6. The van der Waals surface area contributed by atoms with Crippen molar-refractivity contribution < 1.29 is 8.83 Å². The fraction of sp³-hybridized carbons (Fsp3) is 0. The zero-order chi connectivity index (χ0) is 33.9. The van der Waals surface area contributed by atoms with Gasteiger partial charge in [-0.3, -0.25) is 9.97 Å². The van der Waals surface area contributed by atoms with E-state index in [2.05, 4.69) is 140 Å². The largest absolute Gasteiger partial charge is 0.456 e. The summed E-state index contributed by atoms with van der Waals surface area (Å²) in [6.45, 7) is 0. The lowest BCUT2D eigenvalue weighted by atomic mass is 10.0. The quantitative estimate of drug-likeness (QED) is 0.188. The molecule has 6 aromatic carbocycles. The Kier molecular flexibility index (Phi) is 5.41. The molecule has 6 heteroatoms. The summed E-state index contributed by atoms with van der Waals surface area (Å²) >= 11 is 0. The second-order valence-corrected chi connectivity index (χ2v) is 13.5. The van der Waals surface area contributed by atoms with E-state index in [9.17, 15) is 0 Å². The second-order valence-electron chi connectivity index (χ2n) is 13.5. The molecule has 0 fully saturated rings. The van der Waals surface area contributed by atoms with Crippen LogP contribution in [0.25, 0.3) is 110 Å². The average Bonchev–Trinajstić information content (AvgIpc) is 3.94. The zero-order valence-electron chi connectivity index (χ0n) is 27.6. The summed E-state index contributed by atoms with van der Waals surface area (Å²) in [5, 5.41) is 9.02. The summed E-state index contributed by atoms with van der Waals surface area (Å²) in [6, 6.07) is 47.7. The molecule has 0 spiro atoms. The van der Waals surface area contributed by atoms with Crippen molar-refractivity contribution in [2.24, 2.45) is 0 Å². The van der Waals surface area contributed by atoms with Crippen LogP contribution in [0.3, 0.4) is 0 Å². The minimum absolute atomic E-state index is 0.847. The highest BCUT2D eigenvalue weighted by Crippen LogP contribution is 2.40. The number of rotatable bonds is 3. The fourth-order valence-electron chi connectivity index (χ4n) is 8.36. The van der Waals surface area contributed by atoms with Crippen molar-refractivity contribution in [1.82, 2.24) is 19.1 Å². The van der Waals surface area contributed by atoms with Crippen LogP contribution in [0, 0.1) is 0 Å². The third-order valence-corrected chi connectivity index (χ3v) is 10.7. The lowest BCUT2D eigenvalue weighted by Crippen LogP contribution is -1.94. The van der Waals surface area contributed by atoms with E-state index in [4.69, 9.17) is 8.83 Å². The normalized spacial score (nSPS) is 12.2. The molecule has 0 bridgehead atoms. The number of hydrogen-bond donors (Lipinski definition) is 0. The van der Waals surface area contributed by atoms with E-state index in [0.717, 1.165) is 77.3 Å². The van der Waals surface area contributed by atoms with Gasteiger partial charge >= 0.3 is 0 Å². The standard InChI is InChI=1S/C46H26N4O2/c1-3-7-39-31(5-1)33-21-27(9-13-41(33)49(39)29-11-15-43-35(23-29)37-25-47-19-17-45(37)51-43)28-10-14-42-34(22-28)32-6-2-4-8-40(32)50(42)30-12-16-44-36(24-30)38-26-48-20-18-46(38)52-44/h1-26H. The first-order chi connectivity index (χ1) is 25.8. The van der Waals surface area contributed by atoms with Gasteiger partial charge in [-0.2, -0.15) is 0 Å². The highest BCUT2D eigenvalue weighted by Gasteiger charge is 2.18. The summed E-state index contributed by atoms with van der Waals surface area (Å²) in [5.41, 5.74) is 12.6. The third kappa shape index (κ3) is 3.78. The number of aromatic nitrogens is 4. The van der Waals surface area contributed by atoms with Crippen molar-refractivity contribution in [2.45, 2.75) is 0 Å². The van der Waals surface area contributed by atoms with Gasteiger partial charge in [0.15, 0.2) is 0 Å². The minimum Gasteiger partial charge on any atom is -0.456 e. The molecule has 6 heterocycles. The van der Waals surface area contributed by atoms with Crippen LogP contribution < -0.4 is 0 Å². The van der Waals surface area contributed by atoms with E-state index in [0.29, 0.717) is 0 Å². The molecular weight excluding hydrogens is 641 g/mol. The smallest absolute Gasteiger partial charge is 0.138 e. The Morgan fingerprint density at radius 1 is 0.346 bits per heavy atom. The third-order valence-electron chi connectivity index (χ3n) is 10.7. The van der Waals surface area contributed by atoms with Gasteiger partial charge in [0, 0.05) is 79.3 Å². The highest BCUT2D eigenvalue weighted by atomic mass is 16.3. The maximum Gasteiger partial charge on any atom is 0.138 e. The fourth-order valence-corrected chi connectivity index (χ4v) is 8.36. The van der Waals surface area contributed by atoms with E-state index >= 15 is 0 Å². The first-order valence-electron chi connectivity index (χ1n) is 17.4. The molecule has 0 aliphatic carbocycles. The van der Waals surface area contributed by atoms with Crippen molar-refractivity contribution in [3.8, 4) is 22.5 Å². The summed E-state index contributed by atoms with van der Waals surface area (Å²) < 4.78 is 17.0.